The molecule has 0 aliphatic heterocycles. The highest BCUT2D eigenvalue weighted by atomic mass is 16.1. The van der Waals surface area contributed by atoms with Gasteiger partial charge in [-0.25, -0.2) is 0 Å². The zero-order valence-electron chi connectivity index (χ0n) is 5.63. The molecule has 1 rings (SSSR count). The van der Waals surface area contributed by atoms with E-state index in [2.05, 4.69) is 4.98 Å². The fourth-order valence-electron chi connectivity index (χ4n) is 0.679. The van der Waals surface area contributed by atoms with Gasteiger partial charge in [-0.2, -0.15) is 0 Å². The smallest absolute Gasteiger partial charge is 0.265 e. The van der Waals surface area contributed by atoms with Crippen LogP contribution >= 0.6 is 0 Å². The van der Waals surface area contributed by atoms with Gasteiger partial charge in [-0.15, -0.1) is 0 Å². The number of nitrogens with one attached hydrogen (secondary N) is 1. The summed E-state index contributed by atoms with van der Waals surface area (Å²) in [7, 11) is 0. The van der Waals surface area contributed by atoms with Gasteiger partial charge in [0.25, 0.3) is 5.91 Å². The molecule has 5 nitrogen and oxygen atoms in total. The summed E-state index contributed by atoms with van der Waals surface area (Å²) in [4.78, 5) is 23.5. The Balaban J connectivity index is 2.99. The van der Waals surface area contributed by atoms with Crippen molar-refractivity contribution in [3.63, 3.8) is 0 Å². The Morgan fingerprint density at radius 2 is 1.91 bits per heavy atom. The standard InChI is InChI=1S/C6H7N3O2/c7-5(10)3-1-4(6(8)11)9-2-3/h1-2,9H,(H2,7,10)(H2,8,11). The summed E-state index contributed by atoms with van der Waals surface area (Å²) >= 11 is 0. The molecule has 0 unspecified atom stereocenters. The number of amides is 2. The molecule has 0 fully saturated rings. The van der Waals surface area contributed by atoms with Crippen molar-refractivity contribution in [3.05, 3.63) is 23.5 Å². The summed E-state index contributed by atoms with van der Waals surface area (Å²) in [5.74, 6) is -1.20. The highest BCUT2D eigenvalue weighted by Gasteiger charge is 2.06. The first-order valence-corrected chi connectivity index (χ1v) is 2.89. The number of carbonyl (C=O) groups is 2. The second-order valence-corrected chi connectivity index (χ2v) is 2.03. The fourth-order valence-corrected chi connectivity index (χ4v) is 0.679. The topological polar surface area (TPSA) is 102 Å². The number of aromatic nitrogens is 1. The molecule has 0 atom stereocenters. The van der Waals surface area contributed by atoms with Crippen LogP contribution in [0.2, 0.25) is 0 Å². The van der Waals surface area contributed by atoms with E-state index in [9.17, 15) is 9.59 Å². The molecular weight excluding hydrogens is 146 g/mol. The van der Waals surface area contributed by atoms with Crippen LogP contribution in [0.4, 0.5) is 0 Å². The van der Waals surface area contributed by atoms with Crippen LogP contribution in [0.15, 0.2) is 12.3 Å². The van der Waals surface area contributed by atoms with E-state index in [-0.39, 0.29) is 11.3 Å². The summed E-state index contributed by atoms with van der Waals surface area (Å²) in [6.45, 7) is 0. The van der Waals surface area contributed by atoms with Crippen molar-refractivity contribution in [3.8, 4) is 0 Å². The van der Waals surface area contributed by atoms with Gasteiger partial charge < -0.3 is 16.5 Å². The third-order valence-electron chi connectivity index (χ3n) is 1.23. The molecule has 1 aromatic heterocycles. The number of nitrogens with two attached hydrogens (primary N) is 2. The Kier molecular flexibility index (Phi) is 1.63. The second kappa shape index (κ2) is 2.45. The van der Waals surface area contributed by atoms with E-state index in [1.807, 2.05) is 0 Å². The van der Waals surface area contributed by atoms with E-state index in [1.165, 1.54) is 12.3 Å². The van der Waals surface area contributed by atoms with Crippen molar-refractivity contribution in [1.82, 2.24) is 4.98 Å². The predicted molar refractivity (Wildman–Crippen MR) is 37.8 cm³/mol. The van der Waals surface area contributed by atoms with Crippen molar-refractivity contribution in [2.75, 3.05) is 0 Å². The van der Waals surface area contributed by atoms with E-state index >= 15 is 0 Å². The van der Waals surface area contributed by atoms with Crippen LogP contribution in [-0.4, -0.2) is 16.8 Å². The summed E-state index contributed by atoms with van der Waals surface area (Å²) in [5, 5.41) is 0. The molecular formula is C6H7N3O2. The molecule has 0 aromatic carbocycles. The predicted octanol–water partition coefficient (Wildman–Crippen LogP) is -0.788. The van der Waals surface area contributed by atoms with Crippen molar-refractivity contribution in [1.29, 1.82) is 0 Å². The summed E-state index contributed by atoms with van der Waals surface area (Å²) < 4.78 is 0. The molecule has 0 aliphatic rings. The van der Waals surface area contributed by atoms with Gasteiger partial charge in [-0.05, 0) is 6.07 Å². The molecule has 0 saturated heterocycles. The average Bonchev–Trinajstić information content (AvgIpc) is 2.33. The van der Waals surface area contributed by atoms with Crippen LogP contribution in [0.25, 0.3) is 0 Å². The summed E-state index contributed by atoms with van der Waals surface area (Å²) in [5.41, 5.74) is 10.2. The first-order valence-electron chi connectivity index (χ1n) is 2.89. The SMILES string of the molecule is NC(=O)c1c[nH]c(C(N)=O)c1. The normalized spacial score (nSPS) is 9.45. The minimum absolute atomic E-state index is 0.179. The Labute approximate surface area is 62.4 Å². The maximum atomic E-state index is 10.5. The highest BCUT2D eigenvalue weighted by Crippen LogP contribution is 2.00. The Hall–Kier alpha value is -1.78. The van der Waals surface area contributed by atoms with Crippen LogP contribution in [0.5, 0.6) is 0 Å². The zero-order valence-corrected chi connectivity index (χ0v) is 5.63. The van der Waals surface area contributed by atoms with Crippen LogP contribution in [-0.2, 0) is 0 Å². The van der Waals surface area contributed by atoms with E-state index in [0.29, 0.717) is 0 Å². The molecule has 5 heteroatoms. The largest absolute Gasteiger partial charge is 0.366 e. The van der Waals surface area contributed by atoms with E-state index in [1.54, 1.807) is 0 Å². The van der Waals surface area contributed by atoms with E-state index < -0.39 is 11.8 Å². The molecule has 11 heavy (non-hydrogen) atoms. The molecule has 0 aliphatic carbocycles. The van der Waals surface area contributed by atoms with Crippen molar-refractivity contribution >= 4 is 11.8 Å². The lowest BCUT2D eigenvalue weighted by Gasteiger charge is -1.84. The van der Waals surface area contributed by atoms with Gasteiger partial charge in [0.1, 0.15) is 5.69 Å². The zero-order chi connectivity index (χ0) is 8.43. The first kappa shape index (κ1) is 7.33. The highest BCUT2D eigenvalue weighted by molar-refractivity contribution is 5.97. The summed E-state index contributed by atoms with van der Waals surface area (Å²) in [6.07, 6.45) is 1.34. The third kappa shape index (κ3) is 1.37. The molecule has 2 amide bonds. The Morgan fingerprint density at radius 1 is 1.27 bits per heavy atom. The van der Waals surface area contributed by atoms with Crippen molar-refractivity contribution < 1.29 is 9.59 Å². The molecule has 58 valence electrons. The Morgan fingerprint density at radius 3 is 2.18 bits per heavy atom. The van der Waals surface area contributed by atoms with Gasteiger partial charge in [-0.3, -0.25) is 9.59 Å². The minimum Gasteiger partial charge on any atom is -0.366 e. The van der Waals surface area contributed by atoms with E-state index in [4.69, 9.17) is 11.5 Å². The van der Waals surface area contributed by atoms with Gasteiger partial charge in [0, 0.05) is 6.20 Å². The van der Waals surface area contributed by atoms with Crippen molar-refractivity contribution in [2.24, 2.45) is 11.5 Å². The maximum absolute atomic E-state index is 10.5. The number of primary amides is 2. The van der Waals surface area contributed by atoms with Crippen LogP contribution < -0.4 is 11.5 Å². The van der Waals surface area contributed by atoms with Crippen LogP contribution in [0.3, 0.4) is 0 Å². The number of aromatic amines is 1. The minimum atomic E-state index is -0.613. The first-order chi connectivity index (χ1) is 5.11. The fraction of sp³-hybridized carbons (Fsp3) is 0. The molecule has 0 bridgehead atoms. The quantitative estimate of drug-likeness (QED) is 0.518. The molecule has 0 saturated carbocycles. The Bertz CT molecular complexity index is 274. The number of rotatable bonds is 2. The molecule has 0 radical (unpaired) electrons. The number of hydrogen-bond donors (Lipinski definition) is 3. The van der Waals surface area contributed by atoms with Gasteiger partial charge in [0.2, 0.25) is 5.91 Å². The van der Waals surface area contributed by atoms with Crippen LogP contribution in [0, 0.1) is 0 Å². The van der Waals surface area contributed by atoms with Gasteiger partial charge in [-0.1, -0.05) is 0 Å². The number of hydrogen-bond acceptors (Lipinski definition) is 2. The number of H-pyrrole nitrogens is 1. The molecule has 0 spiro atoms. The lowest BCUT2D eigenvalue weighted by Crippen LogP contribution is -2.12. The lowest BCUT2D eigenvalue weighted by atomic mass is 10.3. The van der Waals surface area contributed by atoms with Crippen LogP contribution in [0.1, 0.15) is 20.8 Å². The lowest BCUT2D eigenvalue weighted by molar-refractivity contribution is 0.0993. The van der Waals surface area contributed by atoms with E-state index in [0.717, 1.165) is 0 Å². The van der Waals surface area contributed by atoms with Crippen molar-refractivity contribution in [2.45, 2.75) is 0 Å². The third-order valence-corrected chi connectivity index (χ3v) is 1.23. The number of carbonyl (C=O) groups excluding carboxylic acids is 2. The summed E-state index contributed by atoms with van der Waals surface area (Å²) in [6, 6.07) is 1.31. The molecule has 1 heterocycles. The molecule has 1 aromatic rings. The second-order valence-electron chi connectivity index (χ2n) is 2.03. The van der Waals surface area contributed by atoms with Gasteiger partial charge in [0.15, 0.2) is 0 Å². The average molecular weight is 153 g/mol. The molecule has 5 N–H and O–H groups in total. The maximum Gasteiger partial charge on any atom is 0.265 e. The van der Waals surface area contributed by atoms with Gasteiger partial charge in [0.05, 0.1) is 5.56 Å². The monoisotopic (exact) mass is 153 g/mol. The van der Waals surface area contributed by atoms with Gasteiger partial charge >= 0.3 is 0 Å².